The van der Waals surface area contributed by atoms with Gasteiger partial charge in [-0.1, -0.05) is 18.2 Å². The standard InChI is InChI=1S/C29H40N4O5/c1-20-6-3-4-9-26(20)38-23-12-15-32(21(2)18-23)27(35)19-33-25-8-5-7-24(25)28(30-33)29(36)31-13-10-22(11-14-31)37-17-16-34/h3-4,6,9,21-23,34H,5,7-8,10-19H2,1-2H3/t21-,23+/m0/s1. The third kappa shape index (κ3) is 5.73. The lowest BCUT2D eigenvalue weighted by molar-refractivity contribution is -0.136. The van der Waals surface area contributed by atoms with E-state index in [-0.39, 0.29) is 43.2 Å². The zero-order valence-corrected chi connectivity index (χ0v) is 22.6. The van der Waals surface area contributed by atoms with Gasteiger partial charge in [0.25, 0.3) is 5.91 Å². The molecule has 206 valence electrons. The van der Waals surface area contributed by atoms with Crippen LogP contribution in [0.15, 0.2) is 24.3 Å². The Morgan fingerprint density at radius 3 is 2.58 bits per heavy atom. The van der Waals surface area contributed by atoms with E-state index in [2.05, 4.69) is 19.9 Å². The molecule has 2 fully saturated rings. The molecule has 1 aromatic heterocycles. The minimum atomic E-state index is -0.0440. The van der Waals surface area contributed by atoms with Crippen molar-refractivity contribution in [2.75, 3.05) is 32.8 Å². The number of likely N-dealkylation sites (tertiary alicyclic amines) is 2. The van der Waals surface area contributed by atoms with Crippen LogP contribution in [0.1, 0.15) is 66.3 Å². The summed E-state index contributed by atoms with van der Waals surface area (Å²) in [5, 5.41) is 13.7. The molecule has 0 saturated carbocycles. The number of hydrogen-bond acceptors (Lipinski definition) is 6. The number of benzene rings is 1. The summed E-state index contributed by atoms with van der Waals surface area (Å²) >= 11 is 0. The second-order valence-corrected chi connectivity index (χ2v) is 10.8. The largest absolute Gasteiger partial charge is 0.490 e. The highest BCUT2D eigenvalue weighted by Crippen LogP contribution is 2.29. The van der Waals surface area contributed by atoms with E-state index in [1.807, 2.05) is 28.0 Å². The Labute approximate surface area is 224 Å². The average molecular weight is 525 g/mol. The van der Waals surface area contributed by atoms with Gasteiger partial charge in [0.2, 0.25) is 5.91 Å². The summed E-state index contributed by atoms with van der Waals surface area (Å²) in [6.07, 6.45) is 5.94. The maximum Gasteiger partial charge on any atom is 0.274 e. The number of amides is 2. The Morgan fingerprint density at radius 2 is 1.84 bits per heavy atom. The lowest BCUT2D eigenvalue weighted by Gasteiger charge is -2.38. The second-order valence-electron chi connectivity index (χ2n) is 10.8. The van der Waals surface area contributed by atoms with Gasteiger partial charge >= 0.3 is 0 Å². The topological polar surface area (TPSA) is 97.1 Å². The van der Waals surface area contributed by atoms with Crippen LogP contribution in [0.3, 0.4) is 0 Å². The fourth-order valence-electron chi connectivity index (χ4n) is 6.10. The van der Waals surface area contributed by atoms with Crippen LogP contribution in [0, 0.1) is 6.92 Å². The summed E-state index contributed by atoms with van der Waals surface area (Å²) in [6.45, 7) is 6.54. The fraction of sp³-hybridized carbons (Fsp3) is 0.621. The molecule has 2 aliphatic heterocycles. The Bertz CT molecular complexity index is 1140. The highest BCUT2D eigenvalue weighted by Gasteiger charge is 2.34. The van der Waals surface area contributed by atoms with Crippen LogP contribution in [0.25, 0.3) is 0 Å². The number of aromatic nitrogens is 2. The molecule has 1 N–H and O–H groups in total. The molecule has 1 aliphatic carbocycles. The number of aliphatic hydroxyl groups excluding tert-OH is 1. The van der Waals surface area contributed by atoms with Gasteiger partial charge in [0.05, 0.1) is 19.3 Å². The summed E-state index contributed by atoms with van der Waals surface area (Å²) in [7, 11) is 0. The van der Waals surface area contributed by atoms with Gasteiger partial charge in [0.15, 0.2) is 5.69 Å². The van der Waals surface area contributed by atoms with Crippen molar-refractivity contribution in [1.29, 1.82) is 0 Å². The molecule has 2 atom stereocenters. The first-order valence-electron chi connectivity index (χ1n) is 14.1. The maximum absolute atomic E-state index is 13.4. The molecule has 2 saturated heterocycles. The molecule has 0 bridgehead atoms. The zero-order chi connectivity index (χ0) is 26.6. The van der Waals surface area contributed by atoms with Gasteiger partial charge in [0, 0.05) is 49.8 Å². The van der Waals surface area contributed by atoms with Gasteiger partial charge in [-0.3, -0.25) is 14.3 Å². The van der Waals surface area contributed by atoms with E-state index in [4.69, 9.17) is 19.7 Å². The summed E-state index contributed by atoms with van der Waals surface area (Å²) in [4.78, 5) is 30.6. The third-order valence-corrected chi connectivity index (χ3v) is 8.20. The van der Waals surface area contributed by atoms with Crippen molar-refractivity contribution in [1.82, 2.24) is 19.6 Å². The molecule has 3 heterocycles. The highest BCUT2D eigenvalue weighted by molar-refractivity contribution is 5.94. The number of carbonyl (C=O) groups excluding carboxylic acids is 2. The van der Waals surface area contributed by atoms with Gasteiger partial charge in [-0.25, -0.2) is 0 Å². The first-order valence-corrected chi connectivity index (χ1v) is 14.1. The number of ether oxygens (including phenoxy) is 2. The van der Waals surface area contributed by atoms with Crippen molar-refractivity contribution in [2.45, 2.75) is 83.6 Å². The summed E-state index contributed by atoms with van der Waals surface area (Å²) in [5.74, 6) is 0.915. The van der Waals surface area contributed by atoms with Crippen LogP contribution in [-0.4, -0.2) is 87.6 Å². The molecule has 0 unspecified atom stereocenters. The van der Waals surface area contributed by atoms with Gasteiger partial charge in [-0.05, 0) is 57.6 Å². The number of piperidine rings is 2. The van der Waals surface area contributed by atoms with Crippen molar-refractivity contribution < 1.29 is 24.2 Å². The summed E-state index contributed by atoms with van der Waals surface area (Å²) < 4.78 is 13.7. The number of hydrogen-bond donors (Lipinski definition) is 1. The predicted octanol–water partition coefficient (Wildman–Crippen LogP) is 2.75. The second kappa shape index (κ2) is 11.9. The number of carbonyl (C=O) groups is 2. The normalized spacial score (nSPS) is 22.0. The van der Waals surface area contributed by atoms with Crippen molar-refractivity contribution >= 4 is 11.8 Å². The Balaban J connectivity index is 1.20. The lowest BCUT2D eigenvalue weighted by atomic mass is 10.00. The minimum Gasteiger partial charge on any atom is -0.490 e. The highest BCUT2D eigenvalue weighted by atomic mass is 16.5. The molecule has 3 aliphatic rings. The van der Waals surface area contributed by atoms with E-state index in [1.165, 1.54) is 0 Å². The van der Waals surface area contributed by atoms with E-state index in [9.17, 15) is 9.59 Å². The molecule has 1 aromatic carbocycles. The van der Waals surface area contributed by atoms with Crippen molar-refractivity contribution in [3.63, 3.8) is 0 Å². The van der Waals surface area contributed by atoms with E-state index >= 15 is 0 Å². The van der Waals surface area contributed by atoms with E-state index in [1.54, 1.807) is 4.68 Å². The number of fused-ring (bicyclic) bond motifs is 1. The predicted molar refractivity (Wildman–Crippen MR) is 142 cm³/mol. The third-order valence-electron chi connectivity index (χ3n) is 8.20. The monoisotopic (exact) mass is 524 g/mol. The smallest absolute Gasteiger partial charge is 0.274 e. The molecule has 5 rings (SSSR count). The van der Waals surface area contributed by atoms with Crippen molar-refractivity contribution in [2.24, 2.45) is 0 Å². The van der Waals surface area contributed by atoms with Crippen LogP contribution in [0.4, 0.5) is 0 Å². The molecular formula is C29H40N4O5. The first-order chi connectivity index (χ1) is 18.4. The Morgan fingerprint density at radius 1 is 1.08 bits per heavy atom. The molecule has 9 nitrogen and oxygen atoms in total. The number of aryl methyl sites for hydroxylation is 1. The Hall–Kier alpha value is -2.91. The van der Waals surface area contributed by atoms with E-state index in [0.717, 1.165) is 67.5 Å². The van der Waals surface area contributed by atoms with Gasteiger partial charge in [-0.2, -0.15) is 5.10 Å². The first kappa shape index (κ1) is 26.7. The number of rotatable bonds is 8. The van der Waals surface area contributed by atoms with E-state index in [0.29, 0.717) is 31.9 Å². The SMILES string of the molecule is Cc1ccccc1O[C@@H]1CCN(C(=O)Cn2nc(C(=O)N3CCC(OCCO)CC3)c3c2CCC3)[C@@H](C)C1. The number of nitrogens with zero attached hydrogens (tertiary/aromatic N) is 4. The van der Waals surface area contributed by atoms with Crippen molar-refractivity contribution in [3.8, 4) is 5.75 Å². The molecule has 9 heteroatoms. The molecule has 0 spiro atoms. The van der Waals surface area contributed by atoms with Gasteiger partial charge in [-0.15, -0.1) is 0 Å². The average Bonchev–Trinajstić information content (AvgIpc) is 3.53. The lowest BCUT2D eigenvalue weighted by Crippen LogP contribution is -2.48. The van der Waals surface area contributed by atoms with E-state index < -0.39 is 0 Å². The fourth-order valence-corrected chi connectivity index (χ4v) is 6.10. The summed E-state index contributed by atoms with van der Waals surface area (Å²) in [6, 6.07) is 8.12. The maximum atomic E-state index is 13.4. The molecule has 2 aromatic rings. The van der Waals surface area contributed by atoms with Crippen LogP contribution < -0.4 is 4.74 Å². The number of para-hydroxylation sites is 1. The van der Waals surface area contributed by atoms with Gasteiger partial charge < -0.3 is 24.4 Å². The minimum absolute atomic E-state index is 0.0133. The molecular weight excluding hydrogens is 484 g/mol. The van der Waals surface area contributed by atoms with Crippen LogP contribution in [0.2, 0.25) is 0 Å². The van der Waals surface area contributed by atoms with Crippen LogP contribution in [0.5, 0.6) is 5.75 Å². The number of aliphatic hydroxyl groups is 1. The van der Waals surface area contributed by atoms with Gasteiger partial charge in [0.1, 0.15) is 18.4 Å². The van der Waals surface area contributed by atoms with Crippen LogP contribution in [-0.2, 0) is 28.9 Å². The van der Waals surface area contributed by atoms with Crippen molar-refractivity contribution in [3.05, 3.63) is 46.8 Å². The zero-order valence-electron chi connectivity index (χ0n) is 22.6. The summed E-state index contributed by atoms with van der Waals surface area (Å²) in [5.41, 5.74) is 3.68. The molecule has 38 heavy (non-hydrogen) atoms. The molecule has 0 radical (unpaired) electrons. The van der Waals surface area contributed by atoms with Crippen LogP contribution >= 0.6 is 0 Å². The molecule has 2 amide bonds. The Kier molecular flexibility index (Phi) is 8.33. The quantitative estimate of drug-likeness (QED) is 0.571.